The summed E-state index contributed by atoms with van der Waals surface area (Å²) in [4.78, 5) is 12.8. The maximum Gasteiger partial charge on any atom is 0.275 e. The molecule has 1 amide bonds. The van der Waals surface area contributed by atoms with Crippen LogP contribution in [-0.2, 0) is 6.61 Å². The third kappa shape index (κ3) is 6.00. The van der Waals surface area contributed by atoms with E-state index in [1.54, 1.807) is 12.3 Å². The van der Waals surface area contributed by atoms with E-state index in [4.69, 9.17) is 14.2 Å². The summed E-state index contributed by atoms with van der Waals surface area (Å²) in [6.07, 6.45) is 1.55. The first-order valence-electron chi connectivity index (χ1n) is 11.1. The summed E-state index contributed by atoms with van der Waals surface area (Å²) in [6.45, 7) is 2.82. The first-order valence-corrected chi connectivity index (χ1v) is 11.9. The number of nitrogens with one attached hydrogen (secondary N) is 1. The number of halogens is 1. The van der Waals surface area contributed by atoms with Crippen LogP contribution in [0.25, 0.3) is 10.8 Å². The second kappa shape index (κ2) is 11.5. The predicted octanol–water partition coefficient (Wildman–Crippen LogP) is 6.35. The number of hydrogen-bond donors (Lipinski definition) is 1. The number of benzene rings is 4. The van der Waals surface area contributed by atoms with Crippen molar-refractivity contribution in [1.82, 2.24) is 5.43 Å². The Labute approximate surface area is 212 Å². The molecule has 0 bridgehead atoms. The number of carbonyl (C=O) groups excluding carboxylic acids is 1. The molecule has 0 fully saturated rings. The number of carbonyl (C=O) groups is 1. The molecule has 178 valence electrons. The zero-order valence-electron chi connectivity index (χ0n) is 19.5. The number of hydrogen-bond acceptors (Lipinski definition) is 5. The Bertz CT molecular complexity index is 1360. The highest BCUT2D eigenvalue weighted by atomic mass is 79.9. The van der Waals surface area contributed by atoms with Gasteiger partial charge in [0, 0.05) is 10.0 Å². The SMILES string of the molecule is CCOc1cc(/C=N\NC(=O)c2cc3ccccc3cc2OC)c(Br)cc1OCc1ccccc1. The van der Waals surface area contributed by atoms with Gasteiger partial charge in [-0.05, 0) is 63.5 Å². The van der Waals surface area contributed by atoms with E-state index in [9.17, 15) is 4.79 Å². The number of amides is 1. The molecule has 4 rings (SSSR count). The van der Waals surface area contributed by atoms with Gasteiger partial charge in [0.1, 0.15) is 12.4 Å². The Kier molecular flexibility index (Phi) is 8.00. The molecule has 35 heavy (non-hydrogen) atoms. The standard InChI is InChI=1S/C28H25BrN2O4/c1-3-34-26-15-22(24(29)16-27(26)35-18-19-9-5-4-6-10-19)17-30-31-28(32)23-13-20-11-7-8-12-21(20)14-25(23)33-2/h4-17H,3,18H2,1-2H3,(H,31,32)/b30-17-. The highest BCUT2D eigenvalue weighted by Gasteiger charge is 2.14. The third-order valence-electron chi connectivity index (χ3n) is 5.28. The number of nitrogens with zero attached hydrogens (tertiary/aromatic N) is 1. The van der Waals surface area contributed by atoms with Gasteiger partial charge in [0.05, 0.1) is 25.5 Å². The van der Waals surface area contributed by atoms with Crippen LogP contribution in [0.4, 0.5) is 0 Å². The second-order valence-electron chi connectivity index (χ2n) is 7.63. The fourth-order valence-corrected chi connectivity index (χ4v) is 3.98. The normalized spacial score (nSPS) is 10.9. The molecule has 1 N–H and O–H groups in total. The molecular weight excluding hydrogens is 508 g/mol. The van der Waals surface area contributed by atoms with Crippen LogP contribution in [0.15, 0.2) is 88.4 Å². The first-order chi connectivity index (χ1) is 17.1. The van der Waals surface area contributed by atoms with Gasteiger partial charge in [-0.15, -0.1) is 0 Å². The molecule has 0 atom stereocenters. The van der Waals surface area contributed by atoms with Crippen molar-refractivity contribution in [2.45, 2.75) is 13.5 Å². The third-order valence-corrected chi connectivity index (χ3v) is 5.97. The fraction of sp³-hybridized carbons (Fsp3) is 0.143. The van der Waals surface area contributed by atoms with Gasteiger partial charge in [-0.3, -0.25) is 4.79 Å². The summed E-state index contributed by atoms with van der Waals surface area (Å²) < 4.78 is 17.9. The average molecular weight is 533 g/mol. The Morgan fingerprint density at radius 3 is 2.31 bits per heavy atom. The second-order valence-corrected chi connectivity index (χ2v) is 8.48. The first kappa shape index (κ1) is 24.3. The molecule has 7 heteroatoms. The monoisotopic (exact) mass is 532 g/mol. The maximum atomic E-state index is 12.8. The van der Waals surface area contributed by atoms with E-state index in [1.165, 1.54) is 7.11 Å². The summed E-state index contributed by atoms with van der Waals surface area (Å²) in [5.41, 5.74) is 4.78. The molecule has 0 saturated carbocycles. The van der Waals surface area contributed by atoms with Crippen molar-refractivity contribution in [3.05, 3.63) is 100 Å². The summed E-state index contributed by atoms with van der Waals surface area (Å²) in [5, 5.41) is 6.09. The fourth-order valence-electron chi connectivity index (χ4n) is 3.55. The lowest BCUT2D eigenvalue weighted by Gasteiger charge is -2.14. The van der Waals surface area contributed by atoms with Crippen LogP contribution in [-0.4, -0.2) is 25.8 Å². The Morgan fingerprint density at radius 2 is 1.60 bits per heavy atom. The van der Waals surface area contributed by atoms with Crippen molar-refractivity contribution < 1.29 is 19.0 Å². The van der Waals surface area contributed by atoms with Crippen LogP contribution in [0.2, 0.25) is 0 Å². The lowest BCUT2D eigenvalue weighted by atomic mass is 10.1. The molecule has 0 radical (unpaired) electrons. The molecule has 4 aromatic carbocycles. The van der Waals surface area contributed by atoms with Crippen molar-refractivity contribution in [2.75, 3.05) is 13.7 Å². The number of ether oxygens (including phenoxy) is 3. The van der Waals surface area contributed by atoms with Crippen LogP contribution < -0.4 is 19.6 Å². The van der Waals surface area contributed by atoms with Crippen LogP contribution >= 0.6 is 15.9 Å². The van der Waals surface area contributed by atoms with Gasteiger partial charge in [-0.1, -0.05) is 54.6 Å². The van der Waals surface area contributed by atoms with Crippen molar-refractivity contribution in [1.29, 1.82) is 0 Å². The Hall–Kier alpha value is -3.84. The van der Waals surface area contributed by atoms with E-state index >= 15 is 0 Å². The zero-order chi connectivity index (χ0) is 24.6. The molecule has 0 spiro atoms. The smallest absolute Gasteiger partial charge is 0.275 e. The lowest BCUT2D eigenvalue weighted by molar-refractivity contribution is 0.0952. The number of methoxy groups -OCH3 is 1. The Morgan fingerprint density at radius 1 is 0.914 bits per heavy atom. The predicted molar refractivity (Wildman–Crippen MR) is 142 cm³/mol. The number of fused-ring (bicyclic) bond motifs is 1. The van der Waals surface area contributed by atoms with Gasteiger partial charge in [-0.25, -0.2) is 5.43 Å². The molecule has 6 nitrogen and oxygen atoms in total. The van der Waals surface area contributed by atoms with Crippen LogP contribution in [0.3, 0.4) is 0 Å². The van der Waals surface area contributed by atoms with E-state index in [2.05, 4.69) is 26.5 Å². The largest absolute Gasteiger partial charge is 0.496 e. The van der Waals surface area contributed by atoms with Crippen molar-refractivity contribution in [3.8, 4) is 17.2 Å². The highest BCUT2D eigenvalue weighted by molar-refractivity contribution is 9.10. The van der Waals surface area contributed by atoms with Gasteiger partial charge in [-0.2, -0.15) is 5.10 Å². The van der Waals surface area contributed by atoms with Crippen molar-refractivity contribution in [3.63, 3.8) is 0 Å². The average Bonchev–Trinajstić information content (AvgIpc) is 2.89. The summed E-state index contributed by atoms with van der Waals surface area (Å²) in [6, 6.07) is 25.0. The van der Waals surface area contributed by atoms with E-state index in [0.29, 0.717) is 36.0 Å². The van der Waals surface area contributed by atoms with E-state index in [0.717, 1.165) is 26.4 Å². The van der Waals surface area contributed by atoms with Gasteiger partial charge in [0.15, 0.2) is 11.5 Å². The molecule has 0 aliphatic carbocycles. The topological polar surface area (TPSA) is 69.2 Å². The molecule has 0 saturated heterocycles. The van der Waals surface area contributed by atoms with Crippen LogP contribution in [0.5, 0.6) is 17.2 Å². The van der Waals surface area contributed by atoms with E-state index < -0.39 is 0 Å². The highest BCUT2D eigenvalue weighted by Crippen LogP contribution is 2.34. The minimum atomic E-state index is -0.368. The number of hydrazone groups is 1. The van der Waals surface area contributed by atoms with Crippen LogP contribution in [0.1, 0.15) is 28.4 Å². The molecule has 4 aromatic rings. The van der Waals surface area contributed by atoms with Gasteiger partial charge < -0.3 is 14.2 Å². The van der Waals surface area contributed by atoms with E-state index in [1.807, 2.05) is 79.7 Å². The quantitative estimate of drug-likeness (QED) is 0.201. The number of rotatable bonds is 9. The molecular formula is C28H25BrN2O4. The molecule has 0 aliphatic heterocycles. The zero-order valence-corrected chi connectivity index (χ0v) is 21.0. The van der Waals surface area contributed by atoms with Crippen molar-refractivity contribution in [2.24, 2.45) is 5.10 Å². The van der Waals surface area contributed by atoms with Gasteiger partial charge >= 0.3 is 0 Å². The summed E-state index contributed by atoms with van der Waals surface area (Å²) in [5.74, 6) is 1.32. The van der Waals surface area contributed by atoms with Gasteiger partial charge in [0.25, 0.3) is 5.91 Å². The molecule has 0 unspecified atom stereocenters. The minimum absolute atomic E-state index is 0.368. The van der Waals surface area contributed by atoms with Gasteiger partial charge in [0.2, 0.25) is 0 Å². The lowest BCUT2D eigenvalue weighted by Crippen LogP contribution is -2.18. The summed E-state index contributed by atoms with van der Waals surface area (Å²) in [7, 11) is 1.54. The van der Waals surface area contributed by atoms with Crippen molar-refractivity contribution >= 4 is 38.8 Å². The molecule has 0 aliphatic rings. The van der Waals surface area contributed by atoms with E-state index in [-0.39, 0.29) is 5.91 Å². The Balaban J connectivity index is 1.51. The molecule has 0 heterocycles. The summed E-state index contributed by atoms with van der Waals surface area (Å²) >= 11 is 3.56. The van der Waals surface area contributed by atoms with Crippen LogP contribution in [0, 0.1) is 0 Å². The maximum absolute atomic E-state index is 12.8. The molecule has 0 aromatic heterocycles. The minimum Gasteiger partial charge on any atom is -0.496 e.